The van der Waals surface area contributed by atoms with Crippen LogP contribution in [-0.2, 0) is 10.0 Å². The Hall–Kier alpha value is -2.16. The second-order valence-electron chi connectivity index (χ2n) is 5.90. The van der Waals surface area contributed by atoms with Crippen LogP contribution in [0.4, 0.5) is 10.5 Å². The van der Waals surface area contributed by atoms with Crippen LogP contribution in [0.5, 0.6) is 11.5 Å². The molecule has 2 amide bonds. The standard InChI is InChI=1S/C16H14Cl2N2O5S/c1-16(2)24-13-6-4-10(8-14(13)25-16)26(22,23)20-15(21)19-9-3-5-11(17)12(18)7-9/h3-8H,1-2H3,(H2,19,20,21). The van der Waals surface area contributed by atoms with Crippen LogP contribution < -0.4 is 19.5 Å². The maximum atomic E-state index is 12.4. The highest BCUT2D eigenvalue weighted by atomic mass is 35.5. The third kappa shape index (κ3) is 3.98. The lowest BCUT2D eigenvalue weighted by molar-refractivity contribution is -0.0432. The van der Waals surface area contributed by atoms with Crippen molar-refractivity contribution >= 4 is 44.9 Å². The lowest BCUT2D eigenvalue weighted by Crippen LogP contribution is -2.34. The Kier molecular flexibility index (Phi) is 4.68. The minimum atomic E-state index is -4.11. The third-order valence-electron chi connectivity index (χ3n) is 3.34. The van der Waals surface area contributed by atoms with E-state index in [-0.39, 0.29) is 15.7 Å². The molecule has 0 saturated carbocycles. The van der Waals surface area contributed by atoms with Gasteiger partial charge in [-0.15, -0.1) is 0 Å². The quantitative estimate of drug-likeness (QED) is 0.787. The lowest BCUT2D eigenvalue weighted by Gasteiger charge is -2.16. The van der Waals surface area contributed by atoms with E-state index in [1.165, 1.54) is 36.4 Å². The zero-order valence-corrected chi connectivity index (χ0v) is 16.0. The number of sulfonamides is 1. The topological polar surface area (TPSA) is 93.7 Å². The van der Waals surface area contributed by atoms with Gasteiger partial charge in [-0.25, -0.2) is 17.9 Å². The molecule has 0 aliphatic carbocycles. The van der Waals surface area contributed by atoms with Crippen LogP contribution in [0.3, 0.4) is 0 Å². The molecule has 1 heterocycles. The van der Waals surface area contributed by atoms with E-state index in [0.717, 1.165) is 0 Å². The van der Waals surface area contributed by atoms with Gasteiger partial charge in [0.25, 0.3) is 10.0 Å². The average molecular weight is 417 g/mol. The van der Waals surface area contributed by atoms with Crippen molar-refractivity contribution in [1.82, 2.24) is 4.72 Å². The number of rotatable bonds is 3. The Bertz CT molecular complexity index is 992. The predicted molar refractivity (Wildman–Crippen MR) is 97.6 cm³/mol. The summed E-state index contributed by atoms with van der Waals surface area (Å²) in [6, 6.07) is 7.50. The Labute approximate surface area is 160 Å². The van der Waals surface area contributed by atoms with Crippen molar-refractivity contribution in [2.75, 3.05) is 5.32 Å². The van der Waals surface area contributed by atoms with Crippen LogP contribution in [0.2, 0.25) is 10.0 Å². The summed E-state index contributed by atoms with van der Waals surface area (Å²) in [5.74, 6) is -0.180. The second-order valence-corrected chi connectivity index (χ2v) is 8.40. The largest absolute Gasteiger partial charge is 0.449 e. The molecule has 7 nitrogen and oxygen atoms in total. The first-order chi connectivity index (χ1) is 12.1. The monoisotopic (exact) mass is 416 g/mol. The molecule has 0 fully saturated rings. The molecule has 138 valence electrons. The molecular weight excluding hydrogens is 403 g/mol. The summed E-state index contributed by atoms with van der Waals surface area (Å²) < 4.78 is 37.7. The summed E-state index contributed by atoms with van der Waals surface area (Å²) in [5, 5.41) is 2.91. The third-order valence-corrected chi connectivity index (χ3v) is 5.41. The number of nitrogens with one attached hydrogen (secondary N) is 2. The van der Waals surface area contributed by atoms with Gasteiger partial charge in [0.2, 0.25) is 5.79 Å². The second kappa shape index (κ2) is 6.53. The molecule has 3 rings (SSSR count). The van der Waals surface area contributed by atoms with Gasteiger partial charge in [0.1, 0.15) is 0 Å². The fourth-order valence-electron chi connectivity index (χ4n) is 2.28. The first-order valence-electron chi connectivity index (χ1n) is 7.37. The average Bonchev–Trinajstić information content (AvgIpc) is 2.83. The molecule has 2 N–H and O–H groups in total. The zero-order chi connectivity index (χ0) is 19.1. The number of halogens is 2. The van der Waals surface area contributed by atoms with E-state index in [2.05, 4.69) is 5.32 Å². The fourth-order valence-corrected chi connectivity index (χ4v) is 3.50. The number of anilines is 1. The number of carbonyl (C=O) groups excluding carboxylic acids is 1. The highest BCUT2D eigenvalue weighted by Crippen LogP contribution is 2.40. The molecule has 2 aromatic carbocycles. The lowest BCUT2D eigenvalue weighted by atomic mass is 10.3. The van der Waals surface area contributed by atoms with Crippen LogP contribution in [0, 0.1) is 0 Å². The summed E-state index contributed by atoms with van der Waals surface area (Å²) in [7, 11) is -4.11. The van der Waals surface area contributed by atoms with Crippen molar-refractivity contribution in [3.63, 3.8) is 0 Å². The van der Waals surface area contributed by atoms with Gasteiger partial charge >= 0.3 is 6.03 Å². The summed E-state index contributed by atoms with van der Waals surface area (Å²) in [5.41, 5.74) is 0.291. The Morgan fingerprint density at radius 3 is 2.38 bits per heavy atom. The molecule has 0 bridgehead atoms. The Morgan fingerprint density at radius 2 is 1.69 bits per heavy atom. The maximum Gasteiger partial charge on any atom is 0.333 e. The van der Waals surface area contributed by atoms with Crippen molar-refractivity contribution in [2.45, 2.75) is 24.5 Å². The van der Waals surface area contributed by atoms with E-state index in [0.29, 0.717) is 16.5 Å². The molecule has 10 heteroatoms. The van der Waals surface area contributed by atoms with Crippen LogP contribution in [-0.4, -0.2) is 20.2 Å². The molecule has 26 heavy (non-hydrogen) atoms. The van der Waals surface area contributed by atoms with Gasteiger partial charge in [-0.1, -0.05) is 23.2 Å². The highest BCUT2D eigenvalue weighted by molar-refractivity contribution is 7.90. The Morgan fingerprint density at radius 1 is 1.00 bits per heavy atom. The van der Waals surface area contributed by atoms with Crippen molar-refractivity contribution in [2.24, 2.45) is 0 Å². The minimum absolute atomic E-state index is 0.137. The number of amides is 2. The maximum absolute atomic E-state index is 12.4. The van der Waals surface area contributed by atoms with Crippen molar-refractivity contribution < 1.29 is 22.7 Å². The number of urea groups is 1. The van der Waals surface area contributed by atoms with Crippen LogP contribution in [0.1, 0.15) is 13.8 Å². The van der Waals surface area contributed by atoms with Gasteiger partial charge in [-0.05, 0) is 30.3 Å². The molecule has 0 spiro atoms. The summed E-state index contributed by atoms with van der Waals surface area (Å²) in [4.78, 5) is 11.9. The smallest absolute Gasteiger partial charge is 0.333 e. The van der Waals surface area contributed by atoms with E-state index in [1.54, 1.807) is 13.8 Å². The van der Waals surface area contributed by atoms with E-state index < -0.39 is 21.8 Å². The molecule has 0 unspecified atom stereocenters. The fraction of sp³-hybridized carbons (Fsp3) is 0.188. The molecule has 0 atom stereocenters. The zero-order valence-electron chi connectivity index (χ0n) is 13.7. The van der Waals surface area contributed by atoms with Gasteiger partial charge in [0.05, 0.1) is 14.9 Å². The SMILES string of the molecule is CC1(C)Oc2ccc(S(=O)(=O)NC(=O)Nc3ccc(Cl)c(Cl)c3)cc2O1. The molecule has 0 saturated heterocycles. The predicted octanol–water partition coefficient (Wildman–Crippen LogP) is 4.01. The molecule has 1 aliphatic rings. The van der Waals surface area contributed by atoms with E-state index in [4.69, 9.17) is 32.7 Å². The number of carbonyl (C=O) groups is 1. The van der Waals surface area contributed by atoms with Gasteiger partial charge in [-0.3, -0.25) is 0 Å². The van der Waals surface area contributed by atoms with Crippen molar-refractivity contribution in [1.29, 1.82) is 0 Å². The molecule has 2 aromatic rings. The number of benzene rings is 2. The number of ether oxygens (including phenoxy) is 2. The van der Waals surface area contributed by atoms with Crippen molar-refractivity contribution in [3.8, 4) is 11.5 Å². The van der Waals surface area contributed by atoms with Gasteiger partial charge in [0.15, 0.2) is 11.5 Å². The Balaban J connectivity index is 1.75. The summed E-state index contributed by atoms with van der Waals surface area (Å²) >= 11 is 11.6. The first-order valence-corrected chi connectivity index (χ1v) is 9.61. The molecular formula is C16H14Cl2N2O5S. The summed E-state index contributed by atoms with van der Waals surface area (Å²) in [6.07, 6.45) is 0. The van der Waals surface area contributed by atoms with Crippen LogP contribution >= 0.6 is 23.2 Å². The number of hydrogen-bond donors (Lipinski definition) is 2. The molecule has 1 aliphatic heterocycles. The molecule has 0 aromatic heterocycles. The van der Waals surface area contributed by atoms with E-state index in [9.17, 15) is 13.2 Å². The summed E-state index contributed by atoms with van der Waals surface area (Å²) in [6.45, 7) is 3.40. The normalized spacial score (nSPS) is 14.8. The van der Waals surface area contributed by atoms with Crippen LogP contribution in [0.15, 0.2) is 41.3 Å². The van der Waals surface area contributed by atoms with Gasteiger partial charge < -0.3 is 14.8 Å². The van der Waals surface area contributed by atoms with E-state index >= 15 is 0 Å². The number of hydrogen-bond acceptors (Lipinski definition) is 5. The van der Waals surface area contributed by atoms with Crippen molar-refractivity contribution in [3.05, 3.63) is 46.4 Å². The van der Waals surface area contributed by atoms with Gasteiger partial charge in [0, 0.05) is 25.6 Å². The number of fused-ring (bicyclic) bond motifs is 1. The first kappa shape index (κ1) is 18.6. The van der Waals surface area contributed by atoms with Crippen LogP contribution in [0.25, 0.3) is 0 Å². The van der Waals surface area contributed by atoms with E-state index in [1.807, 2.05) is 4.72 Å². The highest BCUT2D eigenvalue weighted by Gasteiger charge is 2.33. The molecule has 0 radical (unpaired) electrons. The minimum Gasteiger partial charge on any atom is -0.449 e. The van der Waals surface area contributed by atoms with Gasteiger partial charge in [-0.2, -0.15) is 0 Å².